The number of hydrogen-bond donors (Lipinski definition) is 3. The maximum atomic E-state index is 14.7. The van der Waals surface area contributed by atoms with Gasteiger partial charge in [-0.2, -0.15) is 13.2 Å². The van der Waals surface area contributed by atoms with Gasteiger partial charge in [0.15, 0.2) is 11.6 Å². The molecule has 1 aliphatic heterocycles. The van der Waals surface area contributed by atoms with E-state index in [2.05, 4.69) is 20.9 Å². The Labute approximate surface area is 225 Å². The zero-order valence-corrected chi connectivity index (χ0v) is 20.9. The number of nitrogens with zero attached hydrogens (tertiary/aromatic N) is 1. The largest absolute Gasteiger partial charge is 0.488 e. The molecule has 3 N–H and O–H groups in total. The van der Waals surface area contributed by atoms with E-state index in [1.807, 2.05) is 0 Å². The van der Waals surface area contributed by atoms with E-state index in [9.17, 15) is 27.2 Å². The van der Waals surface area contributed by atoms with Crippen LogP contribution in [0.3, 0.4) is 0 Å². The minimum atomic E-state index is -4.67. The van der Waals surface area contributed by atoms with Crippen molar-refractivity contribution in [2.24, 2.45) is 5.92 Å². The lowest BCUT2D eigenvalue weighted by atomic mass is 10.1. The average Bonchev–Trinajstić information content (AvgIpc) is 3.62. The van der Waals surface area contributed by atoms with E-state index >= 15 is 0 Å². The Balaban J connectivity index is 1.23. The summed E-state index contributed by atoms with van der Waals surface area (Å²) >= 11 is 0. The van der Waals surface area contributed by atoms with Crippen molar-refractivity contribution in [1.29, 1.82) is 0 Å². The summed E-state index contributed by atoms with van der Waals surface area (Å²) in [6, 6.07) is 8.54. The van der Waals surface area contributed by atoms with Gasteiger partial charge in [0, 0.05) is 48.1 Å². The molecule has 1 aliphatic carbocycles. The van der Waals surface area contributed by atoms with Gasteiger partial charge >= 0.3 is 12.2 Å². The van der Waals surface area contributed by atoms with Crippen molar-refractivity contribution in [3.8, 4) is 17.2 Å². The van der Waals surface area contributed by atoms with Crippen LogP contribution in [0, 0.1) is 11.7 Å². The number of pyridine rings is 1. The molecule has 2 fully saturated rings. The number of nitrogens with one attached hydrogen (secondary N) is 3. The number of alkyl halides is 3. The third-order valence-electron chi connectivity index (χ3n) is 6.03. The lowest BCUT2D eigenvalue weighted by Crippen LogP contribution is -2.21. The first kappa shape index (κ1) is 27.2. The van der Waals surface area contributed by atoms with Gasteiger partial charge in [-0.25, -0.2) is 14.2 Å². The monoisotopic (exact) mass is 560 g/mol. The smallest absolute Gasteiger partial charge is 0.416 e. The molecule has 2 heterocycles. The van der Waals surface area contributed by atoms with Gasteiger partial charge in [-0.1, -0.05) is 0 Å². The molecule has 3 amide bonds. The second-order valence-corrected chi connectivity index (χ2v) is 9.31. The molecule has 2 aliphatic rings. The number of carbonyl (C=O) groups is 2. The molecule has 1 aromatic heterocycles. The lowest BCUT2D eigenvalue weighted by Gasteiger charge is -2.16. The standard InChI is InChI=1S/C27H24F4N4O5/c28-22-12-17(3-4-23(22)40-19-5-7-32-24(13-19)35-25(36)15-1-2-15)33-26(37)34-18-9-16(27(29,30)31)10-21(11-18)39-20-6-8-38-14-20/h3-5,7,9-13,15,20H,1-2,6,8,14H2,(H,32,35,36)(H2,33,34,37). The molecule has 0 bridgehead atoms. The van der Waals surface area contributed by atoms with Crippen LogP contribution in [0.25, 0.3) is 0 Å². The molecule has 9 nitrogen and oxygen atoms in total. The van der Waals surface area contributed by atoms with Gasteiger partial charge in [0.25, 0.3) is 0 Å². The van der Waals surface area contributed by atoms with Gasteiger partial charge in [0.05, 0.1) is 18.8 Å². The topological polar surface area (TPSA) is 111 Å². The van der Waals surface area contributed by atoms with Crippen molar-refractivity contribution in [2.45, 2.75) is 31.5 Å². The van der Waals surface area contributed by atoms with Gasteiger partial charge in [-0.05, 0) is 43.2 Å². The van der Waals surface area contributed by atoms with Crippen LogP contribution < -0.4 is 25.4 Å². The van der Waals surface area contributed by atoms with Crippen LogP contribution in [0.15, 0.2) is 54.7 Å². The summed E-state index contributed by atoms with van der Waals surface area (Å²) in [6.07, 6.45) is -1.47. The Hall–Kier alpha value is -4.39. The SMILES string of the molecule is O=C(Nc1cc(OC2CCOC2)cc(C(F)(F)F)c1)Nc1ccc(Oc2ccnc(NC(=O)C3CC3)c2)c(F)c1. The van der Waals surface area contributed by atoms with Crippen molar-refractivity contribution in [3.05, 3.63) is 66.1 Å². The number of benzene rings is 2. The number of anilines is 3. The van der Waals surface area contributed by atoms with E-state index in [4.69, 9.17) is 14.2 Å². The highest BCUT2D eigenvalue weighted by Gasteiger charge is 2.32. The zero-order chi connectivity index (χ0) is 28.3. The molecule has 2 aromatic carbocycles. The number of carbonyl (C=O) groups excluding carboxylic acids is 2. The van der Waals surface area contributed by atoms with Crippen molar-refractivity contribution < 1.29 is 41.4 Å². The highest BCUT2D eigenvalue weighted by Crippen LogP contribution is 2.35. The Morgan fingerprint density at radius 1 is 0.925 bits per heavy atom. The Bertz CT molecular complexity index is 1410. The predicted molar refractivity (Wildman–Crippen MR) is 136 cm³/mol. The normalized spacial score (nSPS) is 16.8. The number of urea groups is 1. The fourth-order valence-corrected chi connectivity index (χ4v) is 3.90. The molecule has 210 valence electrons. The molecule has 1 saturated heterocycles. The van der Waals surface area contributed by atoms with Crippen LogP contribution in [0.4, 0.5) is 39.5 Å². The minimum Gasteiger partial charge on any atom is -0.488 e. The first-order chi connectivity index (χ1) is 19.1. The van der Waals surface area contributed by atoms with Gasteiger partial charge < -0.3 is 30.2 Å². The molecule has 40 heavy (non-hydrogen) atoms. The number of aromatic nitrogens is 1. The maximum absolute atomic E-state index is 14.7. The second kappa shape index (κ2) is 11.4. The number of hydrogen-bond acceptors (Lipinski definition) is 6. The van der Waals surface area contributed by atoms with Gasteiger partial charge in [-0.15, -0.1) is 0 Å². The first-order valence-electron chi connectivity index (χ1n) is 12.4. The molecule has 1 unspecified atom stereocenters. The van der Waals surface area contributed by atoms with Gasteiger partial charge in [0.1, 0.15) is 23.4 Å². The van der Waals surface area contributed by atoms with Crippen LogP contribution in [0.2, 0.25) is 0 Å². The average molecular weight is 561 g/mol. The fraction of sp³-hybridized carbons (Fsp3) is 0.296. The van der Waals surface area contributed by atoms with Crippen LogP contribution in [-0.4, -0.2) is 36.2 Å². The van der Waals surface area contributed by atoms with E-state index in [-0.39, 0.29) is 52.9 Å². The zero-order valence-electron chi connectivity index (χ0n) is 20.9. The summed E-state index contributed by atoms with van der Waals surface area (Å²) in [4.78, 5) is 28.5. The Morgan fingerprint density at radius 2 is 1.73 bits per heavy atom. The van der Waals surface area contributed by atoms with E-state index in [0.29, 0.717) is 13.0 Å². The molecule has 5 rings (SSSR count). The molecular formula is C27H24F4N4O5. The Kier molecular flexibility index (Phi) is 7.74. The van der Waals surface area contributed by atoms with Crippen LogP contribution >= 0.6 is 0 Å². The summed E-state index contributed by atoms with van der Waals surface area (Å²) in [5, 5.41) is 7.37. The summed E-state index contributed by atoms with van der Waals surface area (Å²) in [5.41, 5.74) is -1.14. The molecule has 1 saturated carbocycles. The molecular weight excluding hydrogens is 536 g/mol. The van der Waals surface area contributed by atoms with Crippen molar-refractivity contribution in [3.63, 3.8) is 0 Å². The minimum absolute atomic E-state index is 0.0166. The predicted octanol–water partition coefficient (Wildman–Crippen LogP) is 6.19. The van der Waals surface area contributed by atoms with E-state index < -0.39 is 29.7 Å². The van der Waals surface area contributed by atoms with Gasteiger partial charge in [0.2, 0.25) is 5.91 Å². The molecule has 0 radical (unpaired) electrons. The number of amides is 3. The maximum Gasteiger partial charge on any atom is 0.416 e. The lowest BCUT2D eigenvalue weighted by molar-refractivity contribution is -0.137. The van der Waals surface area contributed by atoms with E-state index in [1.54, 1.807) is 0 Å². The number of rotatable bonds is 8. The van der Waals surface area contributed by atoms with E-state index in [0.717, 1.165) is 31.0 Å². The molecule has 0 spiro atoms. The van der Waals surface area contributed by atoms with Crippen molar-refractivity contribution >= 4 is 29.1 Å². The van der Waals surface area contributed by atoms with Crippen molar-refractivity contribution in [1.82, 2.24) is 4.98 Å². The fourth-order valence-electron chi connectivity index (χ4n) is 3.90. The summed E-state index contributed by atoms with van der Waals surface area (Å²) in [5.74, 6) is -0.702. The number of halogens is 4. The first-order valence-corrected chi connectivity index (χ1v) is 12.4. The molecule has 13 heteroatoms. The van der Waals surface area contributed by atoms with Gasteiger partial charge in [-0.3, -0.25) is 4.79 Å². The second-order valence-electron chi connectivity index (χ2n) is 9.31. The third kappa shape index (κ3) is 7.17. The van der Waals surface area contributed by atoms with Crippen LogP contribution in [0.1, 0.15) is 24.8 Å². The Morgan fingerprint density at radius 3 is 2.42 bits per heavy atom. The molecule has 3 aromatic rings. The highest BCUT2D eigenvalue weighted by atomic mass is 19.4. The quantitative estimate of drug-likeness (QED) is 0.283. The van der Waals surface area contributed by atoms with Crippen LogP contribution in [-0.2, 0) is 15.7 Å². The van der Waals surface area contributed by atoms with Crippen LogP contribution in [0.5, 0.6) is 17.2 Å². The van der Waals surface area contributed by atoms with E-state index in [1.165, 1.54) is 36.5 Å². The highest BCUT2D eigenvalue weighted by molar-refractivity contribution is 6.00. The van der Waals surface area contributed by atoms with Crippen molar-refractivity contribution in [2.75, 3.05) is 29.2 Å². The summed E-state index contributed by atoms with van der Waals surface area (Å²) < 4.78 is 71.3. The molecule has 1 atom stereocenters. The number of ether oxygens (including phenoxy) is 3. The third-order valence-corrected chi connectivity index (χ3v) is 6.03. The summed E-state index contributed by atoms with van der Waals surface area (Å²) in [7, 11) is 0. The summed E-state index contributed by atoms with van der Waals surface area (Å²) in [6.45, 7) is 0.698.